The van der Waals surface area contributed by atoms with Crippen LogP contribution in [0.1, 0.15) is 18.4 Å². The minimum absolute atomic E-state index is 0.121. The topological polar surface area (TPSA) is 29.5 Å². The molecule has 5 heteroatoms. The lowest BCUT2D eigenvalue weighted by Gasteiger charge is -2.31. The van der Waals surface area contributed by atoms with E-state index in [9.17, 15) is 13.6 Å². The van der Waals surface area contributed by atoms with Crippen molar-refractivity contribution >= 4 is 5.97 Å². The Balaban J connectivity index is 1.98. The molecule has 0 N–H and O–H groups in total. The number of carbonyl (C=O) groups is 1. The molecule has 1 atom stereocenters. The number of piperidine rings is 1. The number of benzene rings is 1. The van der Waals surface area contributed by atoms with Crippen LogP contribution in [0.2, 0.25) is 0 Å². The van der Waals surface area contributed by atoms with Gasteiger partial charge in [0.25, 0.3) is 0 Å². The van der Waals surface area contributed by atoms with E-state index in [1.807, 2.05) is 0 Å². The van der Waals surface area contributed by atoms with Gasteiger partial charge in [0, 0.05) is 13.1 Å². The number of carbonyl (C=O) groups excluding carboxylic acids is 1. The van der Waals surface area contributed by atoms with Crippen molar-refractivity contribution in [3.63, 3.8) is 0 Å². The average molecular weight is 269 g/mol. The third kappa shape index (κ3) is 3.50. The SMILES string of the molecule is COC(=O)C1CCCN(Cc2ccc(F)c(F)c2)C1. The number of halogens is 2. The molecule has 1 aromatic carbocycles. The van der Waals surface area contributed by atoms with Crippen LogP contribution in [0.15, 0.2) is 18.2 Å². The highest BCUT2D eigenvalue weighted by molar-refractivity contribution is 5.72. The molecular formula is C14H17F2NO2. The van der Waals surface area contributed by atoms with Gasteiger partial charge in [0.2, 0.25) is 0 Å². The number of ether oxygens (including phenoxy) is 1. The highest BCUT2D eigenvalue weighted by Gasteiger charge is 2.26. The highest BCUT2D eigenvalue weighted by Crippen LogP contribution is 2.20. The summed E-state index contributed by atoms with van der Waals surface area (Å²) in [6.45, 7) is 1.98. The number of rotatable bonds is 3. The van der Waals surface area contributed by atoms with Gasteiger partial charge in [-0.1, -0.05) is 6.07 Å². The molecule has 0 aromatic heterocycles. The third-order valence-electron chi connectivity index (χ3n) is 3.43. The van der Waals surface area contributed by atoms with Gasteiger partial charge < -0.3 is 4.74 Å². The second-order valence-electron chi connectivity index (χ2n) is 4.85. The van der Waals surface area contributed by atoms with Gasteiger partial charge in [0.15, 0.2) is 11.6 Å². The monoisotopic (exact) mass is 269 g/mol. The number of methoxy groups -OCH3 is 1. The fraction of sp³-hybridized carbons (Fsp3) is 0.500. The molecule has 0 aliphatic carbocycles. The first kappa shape index (κ1) is 13.9. The maximum Gasteiger partial charge on any atom is 0.309 e. The second-order valence-corrected chi connectivity index (χ2v) is 4.85. The Morgan fingerprint density at radius 2 is 2.21 bits per heavy atom. The number of esters is 1. The molecule has 0 saturated carbocycles. The van der Waals surface area contributed by atoms with Gasteiger partial charge in [-0.15, -0.1) is 0 Å². The van der Waals surface area contributed by atoms with Gasteiger partial charge in [0.1, 0.15) is 0 Å². The molecule has 0 spiro atoms. The summed E-state index contributed by atoms with van der Waals surface area (Å²) in [6.07, 6.45) is 1.73. The van der Waals surface area contributed by atoms with E-state index >= 15 is 0 Å². The van der Waals surface area contributed by atoms with Gasteiger partial charge >= 0.3 is 5.97 Å². The maximum atomic E-state index is 13.1. The Morgan fingerprint density at radius 1 is 1.42 bits per heavy atom. The Labute approximate surface area is 111 Å². The van der Waals surface area contributed by atoms with E-state index in [1.54, 1.807) is 6.07 Å². The van der Waals surface area contributed by atoms with Crippen molar-refractivity contribution in [3.8, 4) is 0 Å². The lowest BCUT2D eigenvalue weighted by atomic mass is 9.98. The molecule has 1 saturated heterocycles. The molecule has 1 unspecified atom stereocenters. The fourth-order valence-corrected chi connectivity index (χ4v) is 2.45. The van der Waals surface area contributed by atoms with Gasteiger partial charge in [-0.3, -0.25) is 9.69 Å². The molecule has 1 aliphatic heterocycles. The first-order valence-corrected chi connectivity index (χ1v) is 6.34. The van der Waals surface area contributed by atoms with Gasteiger partial charge in [-0.25, -0.2) is 8.78 Å². The van der Waals surface area contributed by atoms with Crippen LogP contribution in [0.25, 0.3) is 0 Å². The van der Waals surface area contributed by atoms with Crippen molar-refractivity contribution in [1.29, 1.82) is 0 Å². The van der Waals surface area contributed by atoms with Gasteiger partial charge in [0.05, 0.1) is 13.0 Å². The molecule has 1 heterocycles. The zero-order valence-electron chi connectivity index (χ0n) is 10.9. The molecule has 1 aliphatic rings. The van der Waals surface area contributed by atoms with E-state index in [0.29, 0.717) is 18.7 Å². The maximum absolute atomic E-state index is 13.1. The van der Waals surface area contributed by atoms with E-state index in [1.165, 1.54) is 13.2 Å². The predicted molar refractivity (Wildman–Crippen MR) is 66.4 cm³/mol. The molecule has 0 radical (unpaired) electrons. The van der Waals surface area contributed by atoms with Crippen LogP contribution in [0.5, 0.6) is 0 Å². The van der Waals surface area contributed by atoms with Crippen LogP contribution in [-0.4, -0.2) is 31.1 Å². The van der Waals surface area contributed by atoms with E-state index in [2.05, 4.69) is 4.90 Å². The Bertz CT molecular complexity index is 465. The van der Waals surface area contributed by atoms with Crippen LogP contribution < -0.4 is 0 Å². The molecule has 0 bridgehead atoms. The molecule has 104 valence electrons. The summed E-state index contributed by atoms with van der Waals surface area (Å²) in [7, 11) is 1.39. The van der Waals surface area contributed by atoms with Crippen LogP contribution in [0, 0.1) is 17.6 Å². The van der Waals surface area contributed by atoms with E-state index in [0.717, 1.165) is 25.5 Å². The fourth-order valence-electron chi connectivity index (χ4n) is 2.45. The van der Waals surface area contributed by atoms with Crippen molar-refractivity contribution in [2.24, 2.45) is 5.92 Å². The highest BCUT2D eigenvalue weighted by atomic mass is 19.2. The summed E-state index contributed by atoms with van der Waals surface area (Å²) < 4.78 is 30.7. The number of hydrogen-bond acceptors (Lipinski definition) is 3. The quantitative estimate of drug-likeness (QED) is 0.789. The summed E-state index contributed by atoms with van der Waals surface area (Å²) in [5, 5.41) is 0. The molecule has 3 nitrogen and oxygen atoms in total. The Kier molecular flexibility index (Phi) is 4.47. The largest absolute Gasteiger partial charge is 0.469 e. The van der Waals surface area contributed by atoms with Crippen molar-refractivity contribution in [3.05, 3.63) is 35.4 Å². The number of nitrogens with zero attached hydrogens (tertiary/aromatic N) is 1. The summed E-state index contributed by atoms with van der Waals surface area (Å²) in [5.74, 6) is -1.99. The van der Waals surface area contributed by atoms with Crippen molar-refractivity contribution in [2.45, 2.75) is 19.4 Å². The lowest BCUT2D eigenvalue weighted by molar-refractivity contribution is -0.147. The molecule has 0 amide bonds. The lowest BCUT2D eigenvalue weighted by Crippen LogP contribution is -2.38. The van der Waals surface area contributed by atoms with Crippen LogP contribution in [0.3, 0.4) is 0 Å². The summed E-state index contributed by atoms with van der Waals surface area (Å²) in [5.41, 5.74) is 0.712. The third-order valence-corrected chi connectivity index (χ3v) is 3.43. The van der Waals surface area contributed by atoms with Gasteiger partial charge in [-0.05, 0) is 37.1 Å². The van der Waals surface area contributed by atoms with Crippen LogP contribution in [0.4, 0.5) is 8.78 Å². The van der Waals surface area contributed by atoms with Crippen LogP contribution in [-0.2, 0) is 16.1 Å². The molecule has 19 heavy (non-hydrogen) atoms. The average Bonchev–Trinajstić information content (AvgIpc) is 2.42. The Hall–Kier alpha value is -1.49. The van der Waals surface area contributed by atoms with Crippen molar-refractivity contribution in [2.75, 3.05) is 20.2 Å². The molecule has 1 fully saturated rings. The standard InChI is InChI=1S/C14H17F2NO2/c1-19-14(18)11-3-2-6-17(9-11)8-10-4-5-12(15)13(16)7-10/h4-5,7,11H,2-3,6,8-9H2,1H3. The molecule has 2 rings (SSSR count). The van der Waals surface area contributed by atoms with Crippen LogP contribution >= 0.6 is 0 Å². The minimum atomic E-state index is -0.838. The summed E-state index contributed by atoms with van der Waals surface area (Å²) >= 11 is 0. The molecule has 1 aromatic rings. The van der Waals surface area contributed by atoms with Crippen molar-refractivity contribution < 1.29 is 18.3 Å². The Morgan fingerprint density at radius 3 is 2.89 bits per heavy atom. The molecular weight excluding hydrogens is 252 g/mol. The van der Waals surface area contributed by atoms with E-state index in [-0.39, 0.29) is 11.9 Å². The first-order chi connectivity index (χ1) is 9.10. The number of hydrogen-bond donors (Lipinski definition) is 0. The van der Waals surface area contributed by atoms with Gasteiger partial charge in [-0.2, -0.15) is 0 Å². The minimum Gasteiger partial charge on any atom is -0.469 e. The van der Waals surface area contributed by atoms with E-state index in [4.69, 9.17) is 4.74 Å². The number of likely N-dealkylation sites (tertiary alicyclic amines) is 1. The summed E-state index contributed by atoms with van der Waals surface area (Å²) in [6, 6.07) is 3.91. The first-order valence-electron chi connectivity index (χ1n) is 6.34. The normalized spacial score (nSPS) is 20.3. The summed E-state index contributed by atoms with van der Waals surface area (Å²) in [4.78, 5) is 13.6. The second kappa shape index (κ2) is 6.10. The zero-order chi connectivity index (χ0) is 13.8. The predicted octanol–water partition coefficient (Wildman–Crippen LogP) is 2.35. The van der Waals surface area contributed by atoms with E-state index < -0.39 is 11.6 Å². The smallest absolute Gasteiger partial charge is 0.309 e. The zero-order valence-corrected chi connectivity index (χ0v) is 10.9. The van der Waals surface area contributed by atoms with Crippen molar-refractivity contribution in [1.82, 2.24) is 4.90 Å².